The summed E-state index contributed by atoms with van der Waals surface area (Å²) in [6, 6.07) is 5.61. The molecule has 6 nitrogen and oxygen atoms in total. The standard InChI is InChI=1S/C12H17N3O3S/c13-11(8-1-2-8)7-12(16)15-9-3-5-10(6-4-9)19(14,17)18/h3-6,8,11H,1-2,7,13H2,(H,15,16)(H2,14,17,18). The number of hydrogen-bond donors (Lipinski definition) is 3. The van der Waals surface area contributed by atoms with Crippen LogP contribution in [0.15, 0.2) is 29.2 Å². The SMILES string of the molecule is NC(CC(=O)Nc1ccc(S(N)(=O)=O)cc1)C1CC1. The Balaban J connectivity index is 1.93. The molecule has 1 amide bonds. The van der Waals surface area contributed by atoms with E-state index in [9.17, 15) is 13.2 Å². The highest BCUT2D eigenvalue weighted by molar-refractivity contribution is 7.89. The number of sulfonamides is 1. The zero-order chi connectivity index (χ0) is 14.0. The molecule has 0 aromatic heterocycles. The van der Waals surface area contributed by atoms with Gasteiger partial charge in [0.05, 0.1) is 4.90 Å². The van der Waals surface area contributed by atoms with E-state index in [1.807, 2.05) is 0 Å². The Morgan fingerprint density at radius 2 is 1.89 bits per heavy atom. The molecule has 7 heteroatoms. The number of nitrogens with two attached hydrogens (primary N) is 2. The van der Waals surface area contributed by atoms with Crippen molar-refractivity contribution in [2.45, 2.75) is 30.2 Å². The lowest BCUT2D eigenvalue weighted by molar-refractivity contribution is -0.116. The second kappa shape index (κ2) is 5.28. The van der Waals surface area contributed by atoms with Gasteiger partial charge in [0.2, 0.25) is 15.9 Å². The first-order valence-corrected chi connectivity index (χ1v) is 7.59. The first-order chi connectivity index (χ1) is 8.86. The second-order valence-electron chi connectivity index (χ2n) is 4.82. The van der Waals surface area contributed by atoms with Gasteiger partial charge in [-0.1, -0.05) is 0 Å². The molecule has 5 N–H and O–H groups in total. The summed E-state index contributed by atoms with van der Waals surface area (Å²) in [5, 5.41) is 7.66. The summed E-state index contributed by atoms with van der Waals surface area (Å²) < 4.78 is 22.1. The van der Waals surface area contributed by atoms with E-state index in [0.29, 0.717) is 11.6 Å². The molecule has 0 radical (unpaired) electrons. The smallest absolute Gasteiger partial charge is 0.238 e. The summed E-state index contributed by atoms with van der Waals surface area (Å²) >= 11 is 0. The van der Waals surface area contributed by atoms with Crippen LogP contribution < -0.4 is 16.2 Å². The number of anilines is 1. The Labute approximate surface area is 112 Å². The maximum absolute atomic E-state index is 11.7. The van der Waals surface area contributed by atoms with Crippen LogP contribution in [0.5, 0.6) is 0 Å². The van der Waals surface area contributed by atoms with Gasteiger partial charge in [0.25, 0.3) is 0 Å². The maximum atomic E-state index is 11.7. The van der Waals surface area contributed by atoms with E-state index in [4.69, 9.17) is 10.9 Å². The third-order valence-electron chi connectivity index (χ3n) is 3.12. The van der Waals surface area contributed by atoms with Gasteiger partial charge in [-0.3, -0.25) is 4.79 Å². The molecule has 1 aliphatic rings. The van der Waals surface area contributed by atoms with Crippen molar-refractivity contribution in [3.63, 3.8) is 0 Å². The molecule has 1 aromatic rings. The van der Waals surface area contributed by atoms with E-state index in [-0.39, 0.29) is 23.3 Å². The fourth-order valence-corrected chi connectivity index (χ4v) is 2.36. The summed E-state index contributed by atoms with van der Waals surface area (Å²) in [5.74, 6) is 0.304. The lowest BCUT2D eigenvalue weighted by Gasteiger charge is -2.10. The van der Waals surface area contributed by atoms with Crippen molar-refractivity contribution in [2.24, 2.45) is 16.8 Å². The molecule has 2 rings (SSSR count). The van der Waals surface area contributed by atoms with Crippen LogP contribution in [0, 0.1) is 5.92 Å². The molecule has 104 valence electrons. The maximum Gasteiger partial charge on any atom is 0.238 e. The molecule has 0 saturated heterocycles. The first kappa shape index (κ1) is 14.0. The molecule has 0 heterocycles. The average Bonchev–Trinajstić information content (AvgIpc) is 3.11. The van der Waals surface area contributed by atoms with Gasteiger partial charge in [0.15, 0.2) is 0 Å². The van der Waals surface area contributed by atoms with E-state index in [2.05, 4.69) is 5.32 Å². The molecule has 1 atom stereocenters. The molecule has 1 fully saturated rings. The number of rotatable bonds is 5. The van der Waals surface area contributed by atoms with Crippen LogP contribution in [0.2, 0.25) is 0 Å². The van der Waals surface area contributed by atoms with Crippen molar-refractivity contribution >= 4 is 21.6 Å². The number of carbonyl (C=O) groups is 1. The van der Waals surface area contributed by atoms with Crippen LogP contribution in [0.1, 0.15) is 19.3 Å². The quantitative estimate of drug-likeness (QED) is 0.725. The molecule has 1 saturated carbocycles. The summed E-state index contributed by atoms with van der Waals surface area (Å²) in [6.07, 6.45) is 2.47. The van der Waals surface area contributed by atoms with E-state index in [1.165, 1.54) is 24.3 Å². The molecule has 1 unspecified atom stereocenters. The fourth-order valence-electron chi connectivity index (χ4n) is 1.85. The summed E-state index contributed by atoms with van der Waals surface area (Å²) in [4.78, 5) is 11.7. The van der Waals surface area contributed by atoms with Gasteiger partial charge in [0, 0.05) is 18.2 Å². The van der Waals surface area contributed by atoms with Gasteiger partial charge in [-0.05, 0) is 43.0 Å². The average molecular weight is 283 g/mol. The van der Waals surface area contributed by atoms with Crippen molar-refractivity contribution in [1.82, 2.24) is 0 Å². The summed E-state index contributed by atoms with van der Waals surface area (Å²) in [6.45, 7) is 0. The second-order valence-corrected chi connectivity index (χ2v) is 6.38. The largest absolute Gasteiger partial charge is 0.327 e. The molecule has 1 aromatic carbocycles. The van der Waals surface area contributed by atoms with Crippen LogP contribution in [-0.2, 0) is 14.8 Å². The van der Waals surface area contributed by atoms with E-state index < -0.39 is 10.0 Å². The molecule has 0 aliphatic heterocycles. The molecule has 19 heavy (non-hydrogen) atoms. The number of hydrogen-bond acceptors (Lipinski definition) is 4. The Kier molecular flexibility index (Phi) is 3.88. The topological polar surface area (TPSA) is 115 Å². The van der Waals surface area contributed by atoms with Crippen molar-refractivity contribution in [3.8, 4) is 0 Å². The van der Waals surface area contributed by atoms with Crippen molar-refractivity contribution in [1.29, 1.82) is 0 Å². The van der Waals surface area contributed by atoms with Crippen LogP contribution in [0.3, 0.4) is 0 Å². The van der Waals surface area contributed by atoms with Crippen LogP contribution in [0.25, 0.3) is 0 Å². The predicted molar refractivity (Wildman–Crippen MR) is 71.8 cm³/mol. The number of amides is 1. The Morgan fingerprint density at radius 3 is 2.37 bits per heavy atom. The van der Waals surface area contributed by atoms with Crippen molar-refractivity contribution in [3.05, 3.63) is 24.3 Å². The zero-order valence-electron chi connectivity index (χ0n) is 10.4. The van der Waals surface area contributed by atoms with Gasteiger partial charge in [-0.15, -0.1) is 0 Å². The molecule has 0 spiro atoms. The fraction of sp³-hybridized carbons (Fsp3) is 0.417. The normalized spacial score (nSPS) is 16.9. The van der Waals surface area contributed by atoms with Gasteiger partial charge in [-0.2, -0.15) is 0 Å². The van der Waals surface area contributed by atoms with Crippen molar-refractivity contribution in [2.75, 3.05) is 5.32 Å². The van der Waals surface area contributed by atoms with Gasteiger partial charge >= 0.3 is 0 Å². The van der Waals surface area contributed by atoms with Crippen LogP contribution >= 0.6 is 0 Å². The van der Waals surface area contributed by atoms with E-state index in [0.717, 1.165) is 12.8 Å². The van der Waals surface area contributed by atoms with Gasteiger partial charge in [-0.25, -0.2) is 13.6 Å². The van der Waals surface area contributed by atoms with E-state index in [1.54, 1.807) is 0 Å². The minimum absolute atomic E-state index is 0.0141. The lowest BCUT2D eigenvalue weighted by atomic mass is 10.1. The van der Waals surface area contributed by atoms with Gasteiger partial charge < -0.3 is 11.1 Å². The number of primary sulfonamides is 1. The predicted octanol–water partition coefficient (Wildman–Crippen LogP) is 0.400. The number of nitrogens with one attached hydrogen (secondary N) is 1. The summed E-state index contributed by atoms with van der Waals surface area (Å²) in [7, 11) is -3.70. The molecule has 0 bridgehead atoms. The summed E-state index contributed by atoms with van der Waals surface area (Å²) in [5.41, 5.74) is 6.39. The van der Waals surface area contributed by atoms with Gasteiger partial charge in [0.1, 0.15) is 0 Å². The number of benzene rings is 1. The Hall–Kier alpha value is -1.44. The minimum atomic E-state index is -3.70. The lowest BCUT2D eigenvalue weighted by Crippen LogP contribution is -2.28. The highest BCUT2D eigenvalue weighted by Crippen LogP contribution is 2.32. The molecule has 1 aliphatic carbocycles. The Morgan fingerprint density at radius 1 is 1.32 bits per heavy atom. The van der Waals surface area contributed by atoms with E-state index >= 15 is 0 Å². The Bertz CT molecular complexity index is 564. The minimum Gasteiger partial charge on any atom is -0.327 e. The monoisotopic (exact) mass is 283 g/mol. The number of carbonyl (C=O) groups excluding carboxylic acids is 1. The molecular weight excluding hydrogens is 266 g/mol. The first-order valence-electron chi connectivity index (χ1n) is 6.04. The third kappa shape index (κ3) is 4.02. The highest BCUT2D eigenvalue weighted by atomic mass is 32.2. The van der Waals surface area contributed by atoms with Crippen molar-refractivity contribution < 1.29 is 13.2 Å². The molecular formula is C12H17N3O3S. The highest BCUT2D eigenvalue weighted by Gasteiger charge is 2.29. The third-order valence-corrected chi connectivity index (χ3v) is 4.04. The van der Waals surface area contributed by atoms with Crippen LogP contribution in [0.4, 0.5) is 5.69 Å². The van der Waals surface area contributed by atoms with Crippen LogP contribution in [-0.4, -0.2) is 20.4 Å². The zero-order valence-corrected chi connectivity index (χ0v) is 11.2.